The van der Waals surface area contributed by atoms with E-state index in [0.717, 1.165) is 0 Å². The molecule has 0 saturated heterocycles. The number of halogens is 3. The Hall–Kier alpha value is -1.56. The summed E-state index contributed by atoms with van der Waals surface area (Å²) in [5.74, 6) is -4.28. The van der Waals surface area contributed by atoms with Crippen LogP contribution in [-0.4, -0.2) is 12.5 Å². The number of nitrogens with one attached hydrogen (secondary N) is 1. The van der Waals surface area contributed by atoms with Crippen LogP contribution < -0.4 is 11.1 Å². The lowest BCUT2D eigenvalue weighted by Gasteiger charge is -2.05. The summed E-state index contributed by atoms with van der Waals surface area (Å²) in [6.07, 6.45) is 0. The van der Waals surface area contributed by atoms with Crippen molar-refractivity contribution in [2.24, 2.45) is 5.73 Å². The molecule has 0 atom stereocenters. The maximum Gasteiger partial charge on any atom is 0.238 e. The van der Waals surface area contributed by atoms with Crippen molar-refractivity contribution >= 4 is 11.6 Å². The highest BCUT2D eigenvalue weighted by atomic mass is 19.2. The van der Waals surface area contributed by atoms with Crippen LogP contribution in [0.4, 0.5) is 18.9 Å². The molecule has 1 aromatic carbocycles. The van der Waals surface area contributed by atoms with Crippen LogP contribution in [0.1, 0.15) is 0 Å². The van der Waals surface area contributed by atoms with Crippen LogP contribution in [0.15, 0.2) is 12.1 Å². The molecule has 3 N–H and O–H groups in total. The Morgan fingerprint density at radius 3 is 2.36 bits per heavy atom. The third-order valence-electron chi connectivity index (χ3n) is 1.47. The summed E-state index contributed by atoms with van der Waals surface area (Å²) >= 11 is 0. The molecule has 0 spiro atoms. The number of rotatable bonds is 2. The van der Waals surface area contributed by atoms with Gasteiger partial charge in [0.2, 0.25) is 5.91 Å². The maximum absolute atomic E-state index is 12.9. The molecule has 0 fully saturated rings. The Kier molecular flexibility index (Phi) is 3.08. The van der Waals surface area contributed by atoms with Gasteiger partial charge in [0.1, 0.15) is 5.82 Å². The van der Waals surface area contributed by atoms with Gasteiger partial charge in [-0.1, -0.05) is 0 Å². The maximum atomic E-state index is 12.9. The quantitative estimate of drug-likeness (QED) is 0.706. The van der Waals surface area contributed by atoms with Gasteiger partial charge in [0.25, 0.3) is 0 Å². The van der Waals surface area contributed by atoms with E-state index in [9.17, 15) is 18.0 Å². The number of carbonyl (C=O) groups is 1. The summed E-state index contributed by atoms with van der Waals surface area (Å²) < 4.78 is 37.9. The van der Waals surface area contributed by atoms with Crippen LogP contribution in [0.25, 0.3) is 0 Å². The first kappa shape index (κ1) is 10.5. The Bertz CT molecular complexity index is 368. The van der Waals surface area contributed by atoms with Crippen LogP contribution in [0, 0.1) is 17.5 Å². The van der Waals surface area contributed by atoms with Crippen molar-refractivity contribution in [2.45, 2.75) is 0 Å². The van der Waals surface area contributed by atoms with Gasteiger partial charge in [-0.15, -0.1) is 0 Å². The SMILES string of the molecule is NCC(=O)Nc1cc(F)c(F)cc1F. The molecule has 0 saturated carbocycles. The van der Waals surface area contributed by atoms with E-state index in [1.165, 1.54) is 0 Å². The first-order valence-corrected chi connectivity index (χ1v) is 3.69. The highest BCUT2D eigenvalue weighted by Crippen LogP contribution is 2.17. The average Bonchev–Trinajstić information content (AvgIpc) is 2.14. The number of hydrogen-bond donors (Lipinski definition) is 2. The number of carbonyl (C=O) groups excluding carboxylic acids is 1. The molecule has 0 unspecified atom stereocenters. The zero-order valence-electron chi connectivity index (χ0n) is 6.98. The molecule has 0 aliphatic rings. The highest BCUT2D eigenvalue weighted by Gasteiger charge is 2.11. The fourth-order valence-electron chi connectivity index (χ4n) is 0.820. The summed E-state index contributed by atoms with van der Waals surface area (Å²) in [5, 5.41) is 1.98. The first-order chi connectivity index (χ1) is 6.54. The van der Waals surface area contributed by atoms with Gasteiger partial charge in [-0.05, 0) is 0 Å². The molecule has 76 valence electrons. The number of hydrogen-bond acceptors (Lipinski definition) is 2. The summed E-state index contributed by atoms with van der Waals surface area (Å²) in [6, 6.07) is 0.902. The molecular formula is C8H7F3N2O. The van der Waals surface area contributed by atoms with E-state index in [0.29, 0.717) is 12.1 Å². The molecule has 14 heavy (non-hydrogen) atoms. The lowest BCUT2D eigenvalue weighted by Crippen LogP contribution is -2.22. The van der Waals surface area contributed by atoms with Gasteiger partial charge in [-0.3, -0.25) is 4.79 Å². The van der Waals surface area contributed by atoms with Crippen LogP contribution in [-0.2, 0) is 4.79 Å². The topological polar surface area (TPSA) is 55.1 Å². The molecule has 3 nitrogen and oxygen atoms in total. The summed E-state index contributed by atoms with van der Waals surface area (Å²) in [7, 11) is 0. The molecule has 0 aliphatic heterocycles. The molecule has 0 aromatic heterocycles. The van der Waals surface area contributed by atoms with E-state index in [1.54, 1.807) is 0 Å². The Morgan fingerprint density at radius 1 is 1.21 bits per heavy atom. The largest absolute Gasteiger partial charge is 0.322 e. The van der Waals surface area contributed by atoms with Crippen LogP contribution >= 0.6 is 0 Å². The Labute approximate surface area is 77.7 Å². The van der Waals surface area contributed by atoms with Crippen LogP contribution in [0.2, 0.25) is 0 Å². The molecule has 6 heteroatoms. The van der Waals surface area contributed by atoms with Crippen molar-refractivity contribution in [1.29, 1.82) is 0 Å². The van der Waals surface area contributed by atoms with Crippen molar-refractivity contribution in [2.75, 3.05) is 11.9 Å². The van der Waals surface area contributed by atoms with Gasteiger partial charge in [0.15, 0.2) is 11.6 Å². The monoisotopic (exact) mass is 204 g/mol. The van der Waals surface area contributed by atoms with Crippen molar-refractivity contribution in [3.8, 4) is 0 Å². The fourth-order valence-corrected chi connectivity index (χ4v) is 0.820. The number of nitrogens with two attached hydrogens (primary N) is 1. The average molecular weight is 204 g/mol. The van der Waals surface area contributed by atoms with Gasteiger partial charge in [-0.2, -0.15) is 0 Å². The summed E-state index contributed by atoms with van der Waals surface area (Å²) in [4.78, 5) is 10.7. The molecule has 0 bridgehead atoms. The van der Waals surface area contributed by atoms with Crippen LogP contribution in [0.3, 0.4) is 0 Å². The van der Waals surface area contributed by atoms with E-state index in [4.69, 9.17) is 5.73 Å². The van der Waals surface area contributed by atoms with Crippen molar-refractivity contribution in [1.82, 2.24) is 0 Å². The predicted octanol–water partition coefficient (Wildman–Crippen LogP) is 1.00. The van der Waals surface area contributed by atoms with Crippen molar-refractivity contribution in [3.63, 3.8) is 0 Å². The van der Waals surface area contributed by atoms with Gasteiger partial charge < -0.3 is 11.1 Å². The van der Waals surface area contributed by atoms with E-state index in [-0.39, 0.29) is 6.54 Å². The van der Waals surface area contributed by atoms with Crippen molar-refractivity contribution < 1.29 is 18.0 Å². The van der Waals surface area contributed by atoms with Gasteiger partial charge in [0.05, 0.1) is 12.2 Å². The minimum Gasteiger partial charge on any atom is -0.322 e. The minimum atomic E-state index is -1.31. The lowest BCUT2D eigenvalue weighted by molar-refractivity contribution is -0.114. The second kappa shape index (κ2) is 4.10. The smallest absolute Gasteiger partial charge is 0.238 e. The number of anilines is 1. The summed E-state index contributed by atoms with van der Waals surface area (Å²) in [6.45, 7) is -0.363. The molecule has 1 rings (SSSR count). The number of amides is 1. The molecule has 0 heterocycles. The van der Waals surface area contributed by atoms with Crippen LogP contribution in [0.5, 0.6) is 0 Å². The Morgan fingerprint density at radius 2 is 1.79 bits per heavy atom. The zero-order valence-corrected chi connectivity index (χ0v) is 6.98. The van der Waals surface area contributed by atoms with E-state index < -0.39 is 29.0 Å². The second-order valence-corrected chi connectivity index (χ2v) is 2.50. The predicted molar refractivity (Wildman–Crippen MR) is 44.0 cm³/mol. The van der Waals surface area contributed by atoms with Gasteiger partial charge >= 0.3 is 0 Å². The number of benzene rings is 1. The van der Waals surface area contributed by atoms with Gasteiger partial charge in [0, 0.05) is 12.1 Å². The summed E-state index contributed by atoms with van der Waals surface area (Å²) in [5.41, 5.74) is 4.50. The van der Waals surface area contributed by atoms with E-state index in [1.807, 2.05) is 5.32 Å². The van der Waals surface area contributed by atoms with Gasteiger partial charge in [-0.25, -0.2) is 13.2 Å². The van der Waals surface area contributed by atoms with E-state index >= 15 is 0 Å². The first-order valence-electron chi connectivity index (χ1n) is 3.69. The molecule has 0 aliphatic carbocycles. The normalized spacial score (nSPS) is 10.0. The molecule has 0 radical (unpaired) electrons. The van der Waals surface area contributed by atoms with E-state index in [2.05, 4.69) is 0 Å². The standard InChI is InChI=1S/C8H7F3N2O/c9-4-1-6(11)7(2-5(4)10)13-8(14)3-12/h1-2H,3,12H2,(H,13,14). The molecular weight excluding hydrogens is 197 g/mol. The van der Waals surface area contributed by atoms with Crippen molar-refractivity contribution in [3.05, 3.63) is 29.6 Å². The fraction of sp³-hybridized carbons (Fsp3) is 0.125. The minimum absolute atomic E-state index is 0.349. The third-order valence-corrected chi connectivity index (χ3v) is 1.47. The Balaban J connectivity index is 2.98. The highest BCUT2D eigenvalue weighted by molar-refractivity contribution is 5.92. The molecule has 1 amide bonds. The third kappa shape index (κ3) is 2.23. The molecule has 1 aromatic rings. The lowest BCUT2D eigenvalue weighted by atomic mass is 10.3. The zero-order chi connectivity index (χ0) is 10.7. The second-order valence-electron chi connectivity index (χ2n) is 2.50.